The molecule has 2 saturated carbocycles. The molecule has 0 amide bonds. The maximum Gasteiger partial charge on any atom is 0.161 e. The van der Waals surface area contributed by atoms with Crippen LogP contribution >= 0.6 is 0 Å². The van der Waals surface area contributed by atoms with Gasteiger partial charge in [-0.1, -0.05) is 35.5 Å². The first kappa shape index (κ1) is 15.7. The first-order valence-electron chi connectivity index (χ1n) is 9.42. The minimum Gasteiger partial charge on any atom is -0.493 e. The topological polar surface area (TPSA) is 40.0 Å². The lowest BCUT2D eigenvalue weighted by atomic mass is 9.81. The van der Waals surface area contributed by atoms with Crippen molar-refractivity contribution in [2.75, 3.05) is 7.11 Å². The van der Waals surface area contributed by atoms with Crippen LogP contribution in [0, 0.1) is 17.8 Å². The fourth-order valence-corrected chi connectivity index (χ4v) is 4.87. The molecule has 2 fully saturated rings. The highest BCUT2D eigenvalue weighted by Crippen LogP contribution is 2.53. The Labute approximate surface area is 153 Å². The Balaban J connectivity index is 1.36. The molecule has 2 aliphatic carbocycles. The summed E-state index contributed by atoms with van der Waals surface area (Å²) in [6.45, 7) is 0.523. The molecule has 26 heavy (non-hydrogen) atoms. The summed E-state index contributed by atoms with van der Waals surface area (Å²) in [5.41, 5.74) is 3.32. The number of ether oxygens (including phenoxy) is 2. The standard InChI is InChI=1S/C22H23NO3/c1-24-19-12-16(9-10-18(19)25-13-14-5-3-2-4-6-14)21-20-15-7-8-17(11-15)22(20)26-23-21/h2-6,9-10,12,15,17,20,22H,7-8,11,13H2,1H3/t15-,17+,20+,22+/m0/s1. The van der Waals surface area contributed by atoms with E-state index in [1.807, 2.05) is 30.3 Å². The summed E-state index contributed by atoms with van der Waals surface area (Å²) in [5.74, 6) is 3.37. The summed E-state index contributed by atoms with van der Waals surface area (Å²) in [4.78, 5) is 5.80. The van der Waals surface area contributed by atoms with Gasteiger partial charge in [0, 0.05) is 11.5 Å². The van der Waals surface area contributed by atoms with Gasteiger partial charge in [-0.15, -0.1) is 0 Å². The molecule has 2 aromatic carbocycles. The highest BCUT2D eigenvalue weighted by Gasteiger charge is 2.54. The lowest BCUT2D eigenvalue weighted by Crippen LogP contribution is -2.29. The van der Waals surface area contributed by atoms with Gasteiger partial charge < -0.3 is 14.3 Å². The Bertz CT molecular complexity index is 833. The third kappa shape index (κ3) is 2.56. The Hall–Kier alpha value is -2.49. The fourth-order valence-electron chi connectivity index (χ4n) is 4.87. The molecule has 0 radical (unpaired) electrons. The molecule has 4 heteroatoms. The Morgan fingerprint density at radius 3 is 2.73 bits per heavy atom. The van der Waals surface area contributed by atoms with Crippen molar-refractivity contribution in [3.05, 3.63) is 59.7 Å². The lowest BCUT2D eigenvalue weighted by Gasteiger charge is -2.23. The van der Waals surface area contributed by atoms with Gasteiger partial charge in [0.25, 0.3) is 0 Å². The Morgan fingerprint density at radius 2 is 1.88 bits per heavy atom. The van der Waals surface area contributed by atoms with Crippen molar-refractivity contribution in [3.8, 4) is 11.5 Å². The minimum absolute atomic E-state index is 0.295. The molecule has 0 N–H and O–H groups in total. The summed E-state index contributed by atoms with van der Waals surface area (Å²) < 4.78 is 11.6. The van der Waals surface area contributed by atoms with E-state index >= 15 is 0 Å². The van der Waals surface area contributed by atoms with Crippen LogP contribution in [0.5, 0.6) is 11.5 Å². The van der Waals surface area contributed by atoms with Crippen LogP contribution in [0.15, 0.2) is 53.7 Å². The van der Waals surface area contributed by atoms with Gasteiger partial charge in [-0.05, 0) is 54.9 Å². The maximum atomic E-state index is 5.97. The number of methoxy groups -OCH3 is 1. The highest BCUT2D eigenvalue weighted by molar-refractivity contribution is 6.04. The lowest BCUT2D eigenvalue weighted by molar-refractivity contribution is 0.0275. The van der Waals surface area contributed by atoms with Crippen molar-refractivity contribution >= 4 is 5.71 Å². The number of hydrogen-bond acceptors (Lipinski definition) is 4. The third-order valence-corrected chi connectivity index (χ3v) is 6.13. The maximum absolute atomic E-state index is 5.97. The number of fused-ring (bicyclic) bond motifs is 5. The molecular formula is C22H23NO3. The van der Waals surface area contributed by atoms with E-state index < -0.39 is 0 Å². The smallest absolute Gasteiger partial charge is 0.161 e. The second-order valence-electron chi connectivity index (χ2n) is 7.55. The normalized spacial score (nSPS) is 28.4. The van der Waals surface area contributed by atoms with E-state index in [2.05, 4.69) is 23.4 Å². The van der Waals surface area contributed by atoms with Crippen molar-refractivity contribution in [2.45, 2.75) is 32.0 Å². The molecular weight excluding hydrogens is 326 g/mol. The van der Waals surface area contributed by atoms with Gasteiger partial charge in [0.2, 0.25) is 0 Å². The first-order chi connectivity index (χ1) is 12.8. The van der Waals surface area contributed by atoms with Crippen LogP contribution in [0.3, 0.4) is 0 Å². The third-order valence-electron chi connectivity index (χ3n) is 6.13. The molecule has 4 atom stereocenters. The van der Waals surface area contributed by atoms with E-state index in [1.165, 1.54) is 19.3 Å². The average Bonchev–Trinajstić information content (AvgIpc) is 3.40. The predicted molar refractivity (Wildman–Crippen MR) is 99.5 cm³/mol. The van der Waals surface area contributed by atoms with Crippen molar-refractivity contribution in [1.29, 1.82) is 0 Å². The predicted octanol–water partition coefficient (Wildman–Crippen LogP) is 4.42. The molecule has 5 rings (SSSR count). The summed E-state index contributed by atoms with van der Waals surface area (Å²) in [6, 6.07) is 16.3. The summed E-state index contributed by atoms with van der Waals surface area (Å²) >= 11 is 0. The van der Waals surface area contributed by atoms with Crippen molar-refractivity contribution < 1.29 is 14.3 Å². The molecule has 3 aliphatic rings. The van der Waals surface area contributed by atoms with Crippen LogP contribution in [-0.4, -0.2) is 18.9 Å². The molecule has 2 bridgehead atoms. The highest BCUT2D eigenvalue weighted by atomic mass is 16.6. The van der Waals surface area contributed by atoms with Crippen LogP contribution in [0.1, 0.15) is 30.4 Å². The molecule has 0 aromatic heterocycles. The van der Waals surface area contributed by atoms with Gasteiger partial charge in [0.05, 0.1) is 12.8 Å². The van der Waals surface area contributed by atoms with Crippen molar-refractivity contribution in [3.63, 3.8) is 0 Å². The van der Waals surface area contributed by atoms with Gasteiger partial charge in [0.15, 0.2) is 11.5 Å². The Kier molecular flexibility index (Phi) is 3.84. The largest absolute Gasteiger partial charge is 0.493 e. The van der Waals surface area contributed by atoms with E-state index in [1.54, 1.807) is 7.11 Å². The van der Waals surface area contributed by atoms with Gasteiger partial charge in [-0.2, -0.15) is 0 Å². The van der Waals surface area contributed by atoms with E-state index in [0.29, 0.717) is 24.5 Å². The zero-order chi connectivity index (χ0) is 17.5. The summed E-state index contributed by atoms with van der Waals surface area (Å²) in [7, 11) is 1.68. The second-order valence-corrected chi connectivity index (χ2v) is 7.55. The molecule has 2 aromatic rings. The van der Waals surface area contributed by atoms with Crippen molar-refractivity contribution in [1.82, 2.24) is 0 Å². The molecule has 1 heterocycles. The van der Waals surface area contributed by atoms with Gasteiger partial charge in [0.1, 0.15) is 12.7 Å². The molecule has 4 nitrogen and oxygen atoms in total. The average molecular weight is 349 g/mol. The van der Waals surface area contributed by atoms with E-state index in [0.717, 1.165) is 34.3 Å². The van der Waals surface area contributed by atoms with Gasteiger partial charge in [-0.25, -0.2) is 0 Å². The molecule has 134 valence electrons. The monoisotopic (exact) mass is 349 g/mol. The van der Waals surface area contributed by atoms with Gasteiger partial charge >= 0.3 is 0 Å². The van der Waals surface area contributed by atoms with Crippen LogP contribution in [-0.2, 0) is 11.4 Å². The number of benzene rings is 2. The fraction of sp³-hybridized carbons (Fsp3) is 0.409. The zero-order valence-electron chi connectivity index (χ0n) is 14.9. The second kappa shape index (κ2) is 6.35. The number of rotatable bonds is 5. The van der Waals surface area contributed by atoms with Crippen LogP contribution < -0.4 is 9.47 Å². The van der Waals surface area contributed by atoms with E-state index in [4.69, 9.17) is 14.3 Å². The molecule has 1 aliphatic heterocycles. The van der Waals surface area contributed by atoms with Crippen LogP contribution in [0.25, 0.3) is 0 Å². The zero-order valence-corrected chi connectivity index (χ0v) is 14.9. The quantitative estimate of drug-likeness (QED) is 0.802. The van der Waals surface area contributed by atoms with Crippen molar-refractivity contribution in [2.24, 2.45) is 22.9 Å². The molecule has 0 unspecified atom stereocenters. The van der Waals surface area contributed by atoms with E-state index in [-0.39, 0.29) is 0 Å². The number of nitrogens with zero attached hydrogens (tertiary/aromatic N) is 1. The summed E-state index contributed by atoms with van der Waals surface area (Å²) in [5, 5.41) is 4.45. The van der Waals surface area contributed by atoms with E-state index in [9.17, 15) is 0 Å². The van der Waals surface area contributed by atoms with Crippen LogP contribution in [0.4, 0.5) is 0 Å². The SMILES string of the molecule is COc1cc(C2=NO[C@@H]3[C@@H]4CC[C@@H](C4)[C@H]23)ccc1OCc1ccccc1. The Morgan fingerprint density at radius 1 is 1.04 bits per heavy atom. The first-order valence-corrected chi connectivity index (χ1v) is 9.42. The van der Waals surface area contributed by atoms with Crippen LogP contribution in [0.2, 0.25) is 0 Å². The summed E-state index contributed by atoms with van der Waals surface area (Å²) in [6.07, 6.45) is 4.20. The molecule has 0 saturated heterocycles. The number of hydrogen-bond donors (Lipinski definition) is 0. The van der Waals surface area contributed by atoms with Gasteiger partial charge in [-0.3, -0.25) is 0 Å². The minimum atomic E-state index is 0.295. The molecule has 0 spiro atoms. The number of oxime groups is 1.